The molecule has 0 aromatic carbocycles. The molecule has 2 rings (SSSR count). The maximum atomic E-state index is 5.70. The maximum absolute atomic E-state index is 5.70. The molecule has 3 heteroatoms. The lowest BCUT2D eigenvalue weighted by Crippen LogP contribution is -2.43. The van der Waals surface area contributed by atoms with Gasteiger partial charge in [-0.3, -0.25) is 4.90 Å². The number of nitrogens with zero attached hydrogens (tertiary/aromatic N) is 1. The molecular weight excluding hydrogens is 216 g/mol. The molecule has 0 bridgehead atoms. The zero-order valence-electron chi connectivity index (χ0n) is 10.4. The van der Waals surface area contributed by atoms with Crippen molar-refractivity contribution in [1.29, 1.82) is 0 Å². The van der Waals surface area contributed by atoms with Crippen LogP contribution in [0.5, 0.6) is 0 Å². The first-order chi connectivity index (χ1) is 7.65. The van der Waals surface area contributed by atoms with E-state index in [0.717, 1.165) is 12.5 Å². The molecule has 0 radical (unpaired) electrons. The van der Waals surface area contributed by atoms with Crippen LogP contribution in [0.15, 0.2) is 0 Å². The first-order valence-corrected chi connectivity index (χ1v) is 7.08. The Morgan fingerprint density at radius 1 is 1.44 bits per heavy atom. The lowest BCUT2D eigenvalue weighted by Gasteiger charge is -2.37. The number of rotatable bonds is 5. The molecule has 1 aliphatic heterocycles. The number of piperidine rings is 1. The molecule has 1 saturated carbocycles. The fraction of sp³-hybridized carbons (Fsp3) is 0.923. The lowest BCUT2D eigenvalue weighted by atomic mass is 9.95. The zero-order chi connectivity index (χ0) is 11.6. The molecule has 1 aliphatic carbocycles. The molecule has 2 nitrogen and oxygen atoms in total. The average Bonchev–Trinajstić information content (AvgIpc) is 2.97. The molecule has 0 aromatic heterocycles. The van der Waals surface area contributed by atoms with E-state index in [0.29, 0.717) is 10.4 Å². The van der Waals surface area contributed by atoms with E-state index in [1.165, 1.54) is 51.6 Å². The van der Waals surface area contributed by atoms with Gasteiger partial charge < -0.3 is 5.73 Å². The van der Waals surface area contributed by atoms with E-state index < -0.39 is 0 Å². The molecule has 92 valence electrons. The summed E-state index contributed by atoms with van der Waals surface area (Å²) in [5.41, 5.74) is 6.17. The summed E-state index contributed by atoms with van der Waals surface area (Å²) in [4.78, 5) is 3.41. The third-order valence-electron chi connectivity index (χ3n) is 4.27. The molecule has 0 amide bonds. The van der Waals surface area contributed by atoms with E-state index >= 15 is 0 Å². The van der Waals surface area contributed by atoms with E-state index in [4.69, 9.17) is 18.0 Å². The quantitative estimate of drug-likeness (QED) is 0.749. The second kappa shape index (κ2) is 5.01. The van der Waals surface area contributed by atoms with Crippen LogP contribution in [0.1, 0.15) is 51.9 Å². The zero-order valence-corrected chi connectivity index (χ0v) is 11.2. The van der Waals surface area contributed by atoms with Crippen molar-refractivity contribution in [2.24, 2.45) is 11.1 Å². The van der Waals surface area contributed by atoms with Crippen molar-refractivity contribution in [3.8, 4) is 0 Å². The molecule has 1 unspecified atom stereocenters. The summed E-state index contributed by atoms with van der Waals surface area (Å²) < 4.78 is 0. The highest BCUT2D eigenvalue weighted by Gasteiger charge is 2.45. The summed E-state index contributed by atoms with van der Waals surface area (Å²) in [5.74, 6) is 0. The van der Waals surface area contributed by atoms with Crippen LogP contribution in [0.4, 0.5) is 0 Å². The van der Waals surface area contributed by atoms with Crippen molar-refractivity contribution in [2.75, 3.05) is 13.1 Å². The molecule has 1 atom stereocenters. The van der Waals surface area contributed by atoms with Gasteiger partial charge >= 0.3 is 0 Å². The Kier molecular flexibility index (Phi) is 3.85. The minimum Gasteiger partial charge on any atom is -0.393 e. The van der Waals surface area contributed by atoms with Crippen LogP contribution in [-0.4, -0.2) is 29.0 Å². The van der Waals surface area contributed by atoms with Crippen LogP contribution in [0.2, 0.25) is 0 Å². The number of likely N-dealkylation sites (tertiary alicyclic amines) is 1. The predicted molar refractivity (Wildman–Crippen MR) is 72.6 cm³/mol. The topological polar surface area (TPSA) is 29.3 Å². The first-order valence-electron chi connectivity index (χ1n) is 6.67. The fourth-order valence-corrected chi connectivity index (χ4v) is 3.40. The third kappa shape index (κ3) is 2.95. The molecule has 2 N–H and O–H groups in total. The number of hydrogen-bond donors (Lipinski definition) is 1. The number of nitrogens with two attached hydrogens (primary N) is 1. The largest absolute Gasteiger partial charge is 0.393 e. The SMILES string of the molecule is CCC1CCCCN1CC1(CC(N)=S)CC1. The molecule has 1 saturated heterocycles. The van der Waals surface area contributed by atoms with Gasteiger partial charge in [-0.15, -0.1) is 0 Å². The predicted octanol–water partition coefficient (Wildman–Crippen LogP) is 2.71. The van der Waals surface area contributed by atoms with Gasteiger partial charge in [0.1, 0.15) is 0 Å². The smallest absolute Gasteiger partial charge is 0.0733 e. The summed E-state index contributed by atoms with van der Waals surface area (Å²) in [7, 11) is 0. The highest BCUT2D eigenvalue weighted by molar-refractivity contribution is 7.80. The number of thiocarbonyl (C=S) groups is 1. The Labute approximate surface area is 105 Å². The summed E-state index contributed by atoms with van der Waals surface area (Å²) in [5, 5.41) is 0. The van der Waals surface area contributed by atoms with Gasteiger partial charge in [-0.1, -0.05) is 25.6 Å². The van der Waals surface area contributed by atoms with Crippen LogP contribution >= 0.6 is 12.2 Å². The Bertz CT molecular complexity index is 261. The molecule has 0 spiro atoms. The minimum atomic E-state index is 0.469. The average molecular weight is 240 g/mol. The highest BCUT2D eigenvalue weighted by Crippen LogP contribution is 2.50. The van der Waals surface area contributed by atoms with E-state index in [9.17, 15) is 0 Å². The van der Waals surface area contributed by atoms with Gasteiger partial charge in [0.15, 0.2) is 0 Å². The van der Waals surface area contributed by atoms with Crippen molar-refractivity contribution in [2.45, 2.75) is 57.9 Å². The second-order valence-corrected chi connectivity index (χ2v) is 6.20. The van der Waals surface area contributed by atoms with Gasteiger partial charge in [0.2, 0.25) is 0 Å². The van der Waals surface area contributed by atoms with E-state index in [2.05, 4.69) is 11.8 Å². The van der Waals surface area contributed by atoms with Crippen molar-refractivity contribution in [3.05, 3.63) is 0 Å². The van der Waals surface area contributed by atoms with Gasteiger partial charge in [0.25, 0.3) is 0 Å². The summed E-state index contributed by atoms with van der Waals surface area (Å²) in [6, 6.07) is 0.817. The molecule has 1 heterocycles. The lowest BCUT2D eigenvalue weighted by molar-refractivity contribution is 0.117. The van der Waals surface area contributed by atoms with Gasteiger partial charge in [0, 0.05) is 19.0 Å². The summed E-state index contributed by atoms with van der Waals surface area (Å²) >= 11 is 5.07. The Balaban J connectivity index is 1.89. The Morgan fingerprint density at radius 2 is 2.19 bits per heavy atom. The van der Waals surface area contributed by atoms with Gasteiger partial charge in [-0.2, -0.15) is 0 Å². The molecule has 2 aliphatic rings. The summed E-state index contributed by atoms with van der Waals surface area (Å²) in [6.07, 6.45) is 9.10. The molecule has 16 heavy (non-hydrogen) atoms. The Hall–Kier alpha value is -0.150. The van der Waals surface area contributed by atoms with Gasteiger partial charge in [-0.25, -0.2) is 0 Å². The molecule has 2 fully saturated rings. The standard InChI is InChI=1S/C13H24N2S/c1-2-11-5-3-4-8-15(11)10-13(6-7-13)9-12(14)16/h11H,2-10H2,1H3,(H2,14,16). The monoisotopic (exact) mass is 240 g/mol. The molecular formula is C13H24N2S. The van der Waals surface area contributed by atoms with Crippen LogP contribution in [-0.2, 0) is 0 Å². The maximum Gasteiger partial charge on any atom is 0.0733 e. The van der Waals surface area contributed by atoms with Crippen molar-refractivity contribution in [3.63, 3.8) is 0 Å². The van der Waals surface area contributed by atoms with Crippen LogP contribution in [0.25, 0.3) is 0 Å². The number of hydrogen-bond acceptors (Lipinski definition) is 2. The fourth-order valence-electron chi connectivity index (χ4n) is 3.10. The van der Waals surface area contributed by atoms with Crippen molar-refractivity contribution in [1.82, 2.24) is 4.90 Å². The Morgan fingerprint density at radius 3 is 2.75 bits per heavy atom. The summed E-state index contributed by atoms with van der Waals surface area (Å²) in [6.45, 7) is 4.84. The van der Waals surface area contributed by atoms with E-state index in [1.807, 2.05) is 0 Å². The van der Waals surface area contributed by atoms with Crippen molar-refractivity contribution < 1.29 is 0 Å². The second-order valence-electron chi connectivity index (χ2n) is 5.67. The van der Waals surface area contributed by atoms with Gasteiger partial charge in [-0.05, 0) is 44.1 Å². The van der Waals surface area contributed by atoms with Crippen LogP contribution < -0.4 is 5.73 Å². The van der Waals surface area contributed by atoms with Crippen molar-refractivity contribution >= 4 is 17.2 Å². The van der Waals surface area contributed by atoms with E-state index in [-0.39, 0.29) is 0 Å². The normalized spacial score (nSPS) is 28.9. The third-order valence-corrected chi connectivity index (χ3v) is 4.41. The van der Waals surface area contributed by atoms with Crippen LogP contribution in [0.3, 0.4) is 0 Å². The minimum absolute atomic E-state index is 0.469. The van der Waals surface area contributed by atoms with Gasteiger partial charge in [0.05, 0.1) is 4.99 Å². The highest BCUT2D eigenvalue weighted by atomic mass is 32.1. The molecule has 0 aromatic rings. The van der Waals surface area contributed by atoms with Crippen LogP contribution in [0, 0.1) is 5.41 Å². The first kappa shape index (κ1) is 12.3. The van der Waals surface area contributed by atoms with E-state index in [1.54, 1.807) is 0 Å².